The number of benzene rings is 1. The summed E-state index contributed by atoms with van der Waals surface area (Å²) in [4.78, 5) is 26.6. The Kier molecular flexibility index (Phi) is 7.24. The SMILES string of the molecule is CCn1cc(C(=O)N[C@@H]2CCCC[C@H]2C)c(=O)c2cc(S(=O)(=O)N3CCCCCC3)ccc21. The van der Waals surface area contributed by atoms with Gasteiger partial charge in [0.1, 0.15) is 5.56 Å². The minimum absolute atomic E-state index is 0.0613. The Bertz CT molecular complexity index is 1180. The van der Waals surface area contributed by atoms with E-state index in [1.807, 2.05) is 11.5 Å². The highest BCUT2D eigenvalue weighted by Crippen LogP contribution is 2.25. The molecule has 180 valence electrons. The first kappa shape index (κ1) is 24.0. The fourth-order valence-electron chi connectivity index (χ4n) is 5.17. The van der Waals surface area contributed by atoms with Gasteiger partial charge in [-0.25, -0.2) is 8.42 Å². The molecule has 8 heteroatoms. The van der Waals surface area contributed by atoms with Crippen molar-refractivity contribution in [2.45, 2.75) is 82.7 Å². The number of pyridine rings is 1. The third-order valence-corrected chi connectivity index (χ3v) is 9.16. The maximum atomic E-state index is 13.4. The van der Waals surface area contributed by atoms with Crippen LogP contribution in [0.4, 0.5) is 0 Å². The number of sulfonamides is 1. The van der Waals surface area contributed by atoms with Crippen LogP contribution in [-0.4, -0.2) is 42.3 Å². The van der Waals surface area contributed by atoms with Crippen LogP contribution < -0.4 is 10.7 Å². The van der Waals surface area contributed by atoms with E-state index in [-0.39, 0.29) is 27.8 Å². The first-order valence-corrected chi connectivity index (χ1v) is 13.7. The number of rotatable bonds is 5. The normalized spacial score (nSPS) is 22.7. The van der Waals surface area contributed by atoms with Gasteiger partial charge < -0.3 is 9.88 Å². The molecule has 2 heterocycles. The van der Waals surface area contributed by atoms with Gasteiger partial charge >= 0.3 is 0 Å². The molecule has 2 aliphatic rings. The first-order chi connectivity index (χ1) is 15.8. The van der Waals surface area contributed by atoms with Crippen molar-refractivity contribution in [2.24, 2.45) is 5.92 Å². The monoisotopic (exact) mass is 473 g/mol. The minimum atomic E-state index is -3.69. The van der Waals surface area contributed by atoms with Crippen LogP contribution in [0, 0.1) is 5.92 Å². The molecule has 1 amide bonds. The summed E-state index contributed by atoms with van der Waals surface area (Å²) in [5.74, 6) is 0.00514. The van der Waals surface area contributed by atoms with Gasteiger partial charge in [0, 0.05) is 37.3 Å². The second kappa shape index (κ2) is 9.97. The largest absolute Gasteiger partial charge is 0.349 e. The average molecular weight is 474 g/mol. The molecular formula is C25H35N3O4S. The molecule has 1 saturated heterocycles. The van der Waals surface area contributed by atoms with Crippen LogP contribution in [0.15, 0.2) is 34.1 Å². The Morgan fingerprint density at radius 2 is 1.76 bits per heavy atom. The zero-order chi connectivity index (χ0) is 23.6. The number of nitrogens with zero attached hydrogens (tertiary/aromatic N) is 2. The molecule has 4 rings (SSSR count). The van der Waals surface area contributed by atoms with E-state index in [1.54, 1.807) is 18.3 Å². The van der Waals surface area contributed by atoms with Crippen LogP contribution >= 0.6 is 0 Å². The predicted octanol–water partition coefficient (Wildman–Crippen LogP) is 3.89. The number of aromatic nitrogens is 1. The van der Waals surface area contributed by atoms with Crippen molar-refractivity contribution in [3.05, 3.63) is 40.2 Å². The van der Waals surface area contributed by atoms with Gasteiger partial charge in [0.05, 0.1) is 10.4 Å². The van der Waals surface area contributed by atoms with E-state index in [0.717, 1.165) is 44.9 Å². The average Bonchev–Trinajstić information content (AvgIpc) is 3.11. The van der Waals surface area contributed by atoms with Crippen LogP contribution in [0.3, 0.4) is 0 Å². The van der Waals surface area contributed by atoms with E-state index in [9.17, 15) is 18.0 Å². The van der Waals surface area contributed by atoms with E-state index < -0.39 is 15.5 Å². The number of aryl methyl sites for hydroxylation is 1. The number of nitrogens with one attached hydrogen (secondary N) is 1. The summed E-state index contributed by atoms with van der Waals surface area (Å²) in [6.45, 7) is 5.64. The van der Waals surface area contributed by atoms with Gasteiger partial charge in [-0.1, -0.05) is 32.6 Å². The van der Waals surface area contributed by atoms with Gasteiger partial charge in [0.15, 0.2) is 0 Å². The number of fused-ring (bicyclic) bond motifs is 1. The predicted molar refractivity (Wildman–Crippen MR) is 130 cm³/mol. The second-order valence-electron chi connectivity index (χ2n) is 9.50. The molecule has 0 spiro atoms. The minimum Gasteiger partial charge on any atom is -0.349 e. The molecule has 2 fully saturated rings. The molecule has 0 bridgehead atoms. The van der Waals surface area contributed by atoms with Crippen LogP contribution in [-0.2, 0) is 16.6 Å². The van der Waals surface area contributed by atoms with Crippen molar-refractivity contribution in [1.29, 1.82) is 0 Å². The van der Waals surface area contributed by atoms with Gasteiger partial charge in [0.2, 0.25) is 15.5 Å². The lowest BCUT2D eigenvalue weighted by molar-refractivity contribution is 0.0908. The van der Waals surface area contributed by atoms with Gasteiger partial charge in [-0.15, -0.1) is 0 Å². The number of carbonyl (C=O) groups excluding carboxylic acids is 1. The van der Waals surface area contributed by atoms with E-state index >= 15 is 0 Å². The zero-order valence-corrected chi connectivity index (χ0v) is 20.5. The van der Waals surface area contributed by atoms with Crippen molar-refractivity contribution in [2.75, 3.05) is 13.1 Å². The van der Waals surface area contributed by atoms with Gasteiger partial charge in [-0.3, -0.25) is 9.59 Å². The lowest BCUT2D eigenvalue weighted by Crippen LogP contribution is -2.42. The van der Waals surface area contributed by atoms with E-state index in [2.05, 4.69) is 12.2 Å². The number of hydrogen-bond acceptors (Lipinski definition) is 4. The molecule has 33 heavy (non-hydrogen) atoms. The smallest absolute Gasteiger partial charge is 0.256 e. The molecule has 0 radical (unpaired) electrons. The Morgan fingerprint density at radius 3 is 2.42 bits per heavy atom. The summed E-state index contributed by atoms with van der Waals surface area (Å²) in [7, 11) is -3.69. The van der Waals surface area contributed by atoms with Crippen molar-refractivity contribution in [3.8, 4) is 0 Å². The fourth-order valence-corrected chi connectivity index (χ4v) is 6.71. The Hall–Kier alpha value is -2.19. The molecule has 2 aromatic rings. The summed E-state index contributed by atoms with van der Waals surface area (Å²) >= 11 is 0. The number of hydrogen-bond donors (Lipinski definition) is 1. The molecule has 7 nitrogen and oxygen atoms in total. The van der Waals surface area contributed by atoms with Crippen molar-refractivity contribution >= 4 is 26.8 Å². The summed E-state index contributed by atoms with van der Waals surface area (Å²) in [5.41, 5.74) is 0.301. The van der Waals surface area contributed by atoms with Crippen molar-refractivity contribution < 1.29 is 13.2 Å². The van der Waals surface area contributed by atoms with E-state index in [1.165, 1.54) is 16.8 Å². The van der Waals surface area contributed by atoms with Gasteiger partial charge in [0.25, 0.3) is 5.91 Å². The van der Waals surface area contributed by atoms with Crippen LogP contribution in [0.25, 0.3) is 10.9 Å². The summed E-state index contributed by atoms with van der Waals surface area (Å²) < 4.78 is 30.0. The zero-order valence-electron chi connectivity index (χ0n) is 19.7. The second-order valence-corrected chi connectivity index (χ2v) is 11.4. The molecule has 1 aliphatic heterocycles. The molecule has 1 N–H and O–H groups in total. The standard InChI is InChI=1S/C25H35N3O4S/c1-3-27-17-21(25(30)26-22-11-7-6-10-18(22)2)24(29)20-16-19(12-13-23(20)27)33(31,32)28-14-8-4-5-9-15-28/h12-13,16-18,22H,3-11,14-15H2,1-2H3,(H,26,30)/t18-,22-/m1/s1. The van der Waals surface area contributed by atoms with Crippen LogP contribution in [0.2, 0.25) is 0 Å². The van der Waals surface area contributed by atoms with Crippen molar-refractivity contribution in [1.82, 2.24) is 14.2 Å². The first-order valence-electron chi connectivity index (χ1n) is 12.3. The molecule has 1 saturated carbocycles. The molecule has 1 aliphatic carbocycles. The number of carbonyl (C=O) groups is 1. The third-order valence-electron chi connectivity index (χ3n) is 7.27. The Balaban J connectivity index is 1.73. The molecule has 1 aromatic carbocycles. The molecule has 0 unspecified atom stereocenters. The Morgan fingerprint density at radius 1 is 1.06 bits per heavy atom. The Labute approximate surface area is 196 Å². The maximum Gasteiger partial charge on any atom is 0.256 e. The highest BCUT2D eigenvalue weighted by molar-refractivity contribution is 7.89. The highest BCUT2D eigenvalue weighted by atomic mass is 32.2. The molecule has 1 aromatic heterocycles. The third kappa shape index (κ3) is 4.87. The highest BCUT2D eigenvalue weighted by Gasteiger charge is 2.28. The topological polar surface area (TPSA) is 88.5 Å². The van der Waals surface area contributed by atoms with E-state index in [4.69, 9.17) is 0 Å². The molecule has 2 atom stereocenters. The van der Waals surface area contributed by atoms with Gasteiger partial charge in [-0.2, -0.15) is 4.31 Å². The summed E-state index contributed by atoms with van der Waals surface area (Å²) in [5, 5.41) is 3.34. The molecular weight excluding hydrogens is 438 g/mol. The fraction of sp³-hybridized carbons (Fsp3) is 0.600. The van der Waals surface area contributed by atoms with Crippen molar-refractivity contribution in [3.63, 3.8) is 0 Å². The quantitative estimate of drug-likeness (QED) is 0.713. The summed E-state index contributed by atoms with van der Waals surface area (Å²) in [6.07, 6.45) is 9.59. The van der Waals surface area contributed by atoms with Crippen LogP contribution in [0.5, 0.6) is 0 Å². The lowest BCUT2D eigenvalue weighted by Gasteiger charge is -2.29. The summed E-state index contributed by atoms with van der Waals surface area (Å²) in [6, 6.07) is 4.79. The van der Waals surface area contributed by atoms with Gasteiger partial charge in [-0.05, 0) is 56.7 Å². The van der Waals surface area contributed by atoms with E-state index in [0.29, 0.717) is 31.1 Å². The lowest BCUT2D eigenvalue weighted by atomic mass is 9.86. The number of amides is 1. The van der Waals surface area contributed by atoms with Crippen LogP contribution in [0.1, 0.15) is 75.6 Å². The maximum absolute atomic E-state index is 13.4.